The van der Waals surface area contributed by atoms with Gasteiger partial charge in [-0.1, -0.05) is 0 Å². The van der Waals surface area contributed by atoms with Crippen molar-refractivity contribution in [2.45, 2.75) is 50.3 Å². The number of carbonyl (C=O) groups excluding carboxylic acids is 1. The number of allylic oxidation sites excluding steroid dienone is 2. The van der Waals surface area contributed by atoms with Crippen molar-refractivity contribution in [1.29, 1.82) is 0 Å². The van der Waals surface area contributed by atoms with Gasteiger partial charge in [0, 0.05) is 0 Å². The van der Waals surface area contributed by atoms with Crippen molar-refractivity contribution in [1.82, 2.24) is 0 Å². The second-order valence-corrected chi connectivity index (χ2v) is 9.20. The molecule has 0 saturated heterocycles. The Bertz CT molecular complexity index is 546. The summed E-state index contributed by atoms with van der Waals surface area (Å²) in [5.74, 6) is 1.14. The molecular weight excluding hydrogens is 311 g/mol. The first kappa shape index (κ1) is 14.1. The maximum absolute atomic E-state index is 12.8. The first-order chi connectivity index (χ1) is 9.62. The Morgan fingerprint density at radius 3 is 2.65 bits per heavy atom. The summed E-state index contributed by atoms with van der Waals surface area (Å²) >= 11 is 0.262. The zero-order valence-corrected chi connectivity index (χ0v) is 14.0. The first-order valence-corrected chi connectivity index (χ1v) is 9.26. The van der Waals surface area contributed by atoms with Crippen LogP contribution >= 0.6 is 0 Å². The van der Waals surface area contributed by atoms with Gasteiger partial charge in [0.2, 0.25) is 0 Å². The topological polar surface area (TPSA) is 17.1 Å². The molecule has 0 bridgehead atoms. The van der Waals surface area contributed by atoms with Crippen molar-refractivity contribution in [3.63, 3.8) is 0 Å². The van der Waals surface area contributed by atoms with Crippen molar-refractivity contribution >= 4 is 25.2 Å². The fourth-order valence-corrected chi connectivity index (χ4v) is 6.98. The standard InChI is InChI=1S/C18H22OSe/c1-13-11-15-7-6-10-17(19)18(15,12-14(13)2)20-16-8-4-3-5-9-16/h3-5,8-9,15H,6-7,10-12H2,1-2H3/t15?,18-/m0/s1. The summed E-state index contributed by atoms with van der Waals surface area (Å²) in [6.07, 6.45) is 5.30. The molecule has 0 aliphatic heterocycles. The average molecular weight is 333 g/mol. The summed E-state index contributed by atoms with van der Waals surface area (Å²) in [5, 5.41) is 0. The van der Waals surface area contributed by atoms with Crippen LogP contribution in [-0.4, -0.2) is 20.7 Å². The Kier molecular flexibility index (Phi) is 3.88. The molecule has 1 saturated carbocycles. The third-order valence-corrected chi connectivity index (χ3v) is 8.25. The molecule has 0 N–H and O–H groups in total. The molecule has 2 aliphatic rings. The molecule has 3 rings (SSSR count). The summed E-state index contributed by atoms with van der Waals surface area (Å²) in [6.45, 7) is 4.49. The molecule has 1 nitrogen and oxygen atoms in total. The van der Waals surface area contributed by atoms with Crippen LogP contribution in [0.25, 0.3) is 0 Å². The minimum absolute atomic E-state index is 0.0454. The van der Waals surface area contributed by atoms with Crippen molar-refractivity contribution < 1.29 is 4.79 Å². The van der Waals surface area contributed by atoms with Crippen LogP contribution in [0.3, 0.4) is 0 Å². The van der Waals surface area contributed by atoms with Gasteiger partial charge in [-0.3, -0.25) is 0 Å². The van der Waals surface area contributed by atoms with Gasteiger partial charge in [-0.15, -0.1) is 0 Å². The molecule has 2 aliphatic carbocycles. The number of ketones is 1. The number of carbonyl (C=O) groups is 1. The average Bonchev–Trinajstić information content (AvgIpc) is 2.44. The Labute approximate surface area is 128 Å². The molecule has 0 heterocycles. The summed E-state index contributed by atoms with van der Waals surface area (Å²) < 4.78 is 1.34. The molecule has 106 valence electrons. The van der Waals surface area contributed by atoms with E-state index in [-0.39, 0.29) is 19.3 Å². The van der Waals surface area contributed by atoms with Gasteiger partial charge in [0.15, 0.2) is 0 Å². The fourth-order valence-electron chi connectivity index (χ4n) is 3.66. The molecule has 2 atom stereocenters. The Morgan fingerprint density at radius 2 is 1.90 bits per heavy atom. The molecule has 0 amide bonds. The van der Waals surface area contributed by atoms with E-state index in [0.29, 0.717) is 11.7 Å². The summed E-state index contributed by atoms with van der Waals surface area (Å²) in [6, 6.07) is 10.7. The van der Waals surface area contributed by atoms with Gasteiger partial charge in [-0.2, -0.15) is 0 Å². The molecular formula is C18H22OSe. The molecule has 1 aromatic rings. The number of rotatable bonds is 2. The van der Waals surface area contributed by atoms with E-state index in [2.05, 4.69) is 44.2 Å². The predicted molar refractivity (Wildman–Crippen MR) is 84.5 cm³/mol. The third kappa shape index (κ3) is 2.40. The van der Waals surface area contributed by atoms with Crippen molar-refractivity contribution in [2.24, 2.45) is 5.92 Å². The van der Waals surface area contributed by atoms with E-state index < -0.39 is 0 Å². The van der Waals surface area contributed by atoms with Crippen molar-refractivity contribution in [3.05, 3.63) is 41.5 Å². The van der Waals surface area contributed by atoms with E-state index in [4.69, 9.17) is 0 Å². The maximum atomic E-state index is 12.8. The molecule has 20 heavy (non-hydrogen) atoms. The zero-order valence-electron chi connectivity index (χ0n) is 12.3. The molecule has 0 aromatic heterocycles. The van der Waals surface area contributed by atoms with Crippen LogP contribution in [0.2, 0.25) is 4.31 Å². The number of Topliss-reactive ketones (excluding diaryl/α,β-unsaturated/α-hetero) is 1. The van der Waals surface area contributed by atoms with Gasteiger partial charge >= 0.3 is 128 Å². The van der Waals surface area contributed by atoms with Crippen molar-refractivity contribution in [2.75, 3.05) is 0 Å². The molecule has 1 aromatic carbocycles. The Hall–Kier alpha value is -0.851. The predicted octanol–water partition coefficient (Wildman–Crippen LogP) is 3.67. The van der Waals surface area contributed by atoms with Crippen LogP contribution in [-0.2, 0) is 4.79 Å². The normalized spacial score (nSPS) is 30.3. The molecule has 0 spiro atoms. The summed E-state index contributed by atoms with van der Waals surface area (Å²) in [5.41, 5.74) is 3.00. The quantitative estimate of drug-likeness (QED) is 0.596. The van der Waals surface area contributed by atoms with Gasteiger partial charge in [0.1, 0.15) is 0 Å². The second kappa shape index (κ2) is 5.50. The summed E-state index contributed by atoms with van der Waals surface area (Å²) in [7, 11) is 0. The monoisotopic (exact) mass is 334 g/mol. The number of hydrogen-bond donors (Lipinski definition) is 0. The van der Waals surface area contributed by atoms with Crippen LogP contribution in [0.4, 0.5) is 0 Å². The number of benzene rings is 1. The first-order valence-electron chi connectivity index (χ1n) is 7.54. The van der Waals surface area contributed by atoms with Gasteiger partial charge in [-0.05, 0) is 0 Å². The van der Waals surface area contributed by atoms with E-state index in [1.165, 1.54) is 22.0 Å². The van der Waals surface area contributed by atoms with Crippen LogP contribution in [0.5, 0.6) is 0 Å². The van der Waals surface area contributed by atoms with Gasteiger partial charge < -0.3 is 0 Å². The van der Waals surface area contributed by atoms with Crippen LogP contribution in [0, 0.1) is 5.92 Å². The van der Waals surface area contributed by atoms with E-state index >= 15 is 0 Å². The fraction of sp³-hybridized carbons (Fsp3) is 0.500. The minimum atomic E-state index is -0.0454. The SMILES string of the molecule is CC1=C(C)C[C@@]2([Se]c3ccccc3)C(=O)CCCC2C1. The third-order valence-electron chi connectivity index (χ3n) is 4.94. The Morgan fingerprint density at radius 1 is 1.15 bits per heavy atom. The van der Waals surface area contributed by atoms with E-state index in [1.807, 2.05) is 0 Å². The molecule has 1 unspecified atom stereocenters. The summed E-state index contributed by atoms with van der Waals surface area (Å²) in [4.78, 5) is 12.8. The zero-order chi connectivity index (χ0) is 14.2. The molecule has 1 fully saturated rings. The Balaban J connectivity index is 1.98. The van der Waals surface area contributed by atoms with Gasteiger partial charge in [0.25, 0.3) is 0 Å². The van der Waals surface area contributed by atoms with Gasteiger partial charge in [-0.25, -0.2) is 0 Å². The van der Waals surface area contributed by atoms with Crippen LogP contribution in [0.1, 0.15) is 46.0 Å². The van der Waals surface area contributed by atoms with Crippen LogP contribution in [0.15, 0.2) is 41.5 Å². The number of hydrogen-bond acceptors (Lipinski definition) is 1. The molecule has 0 radical (unpaired) electrons. The molecule has 2 heteroatoms. The second-order valence-electron chi connectivity index (χ2n) is 6.26. The van der Waals surface area contributed by atoms with E-state index in [0.717, 1.165) is 25.7 Å². The van der Waals surface area contributed by atoms with Gasteiger partial charge in [0.05, 0.1) is 0 Å². The van der Waals surface area contributed by atoms with E-state index in [1.54, 1.807) is 0 Å². The van der Waals surface area contributed by atoms with E-state index in [9.17, 15) is 4.79 Å². The number of fused-ring (bicyclic) bond motifs is 1. The van der Waals surface area contributed by atoms with Crippen molar-refractivity contribution in [3.8, 4) is 0 Å². The van der Waals surface area contributed by atoms with Crippen LogP contribution < -0.4 is 4.46 Å².